The molecule has 1 aromatic carbocycles. The minimum absolute atomic E-state index is 0.0222. The normalized spacial score (nSPS) is 15.4. The van der Waals surface area contributed by atoms with Crippen molar-refractivity contribution >= 4 is 11.8 Å². The molecule has 0 atom stereocenters. The third-order valence-corrected chi connectivity index (χ3v) is 3.41. The van der Waals surface area contributed by atoms with Crippen molar-refractivity contribution in [3.05, 3.63) is 29.8 Å². The number of carbonyl (C=O) groups is 2. The highest BCUT2D eigenvalue weighted by Crippen LogP contribution is 2.15. The van der Waals surface area contributed by atoms with Crippen LogP contribution in [0.1, 0.15) is 31.2 Å². The smallest absolute Gasteiger partial charge is 0.229 e. The fourth-order valence-corrected chi connectivity index (χ4v) is 2.25. The van der Waals surface area contributed by atoms with Crippen LogP contribution in [-0.4, -0.2) is 30.4 Å². The molecule has 0 aromatic heterocycles. The van der Waals surface area contributed by atoms with Crippen LogP contribution < -0.4 is 4.74 Å². The Bertz CT molecular complexity index is 453. The van der Waals surface area contributed by atoms with E-state index in [1.165, 1.54) is 4.90 Å². The first-order valence-electron chi connectivity index (χ1n) is 6.67. The van der Waals surface area contributed by atoms with Gasteiger partial charge >= 0.3 is 0 Å². The number of aryl methyl sites for hydroxylation is 1. The summed E-state index contributed by atoms with van der Waals surface area (Å²) in [6, 6.07) is 7.66. The molecule has 102 valence electrons. The molecule has 0 saturated carbocycles. The third-order valence-electron chi connectivity index (χ3n) is 3.41. The molecule has 0 bridgehead atoms. The zero-order valence-electron chi connectivity index (χ0n) is 11.2. The first kappa shape index (κ1) is 13.6. The number of likely N-dealkylation sites (tertiary alicyclic amines) is 1. The Morgan fingerprint density at radius 3 is 2.63 bits per heavy atom. The van der Waals surface area contributed by atoms with Gasteiger partial charge in [0, 0.05) is 19.4 Å². The second-order valence-corrected chi connectivity index (χ2v) is 4.74. The number of amides is 2. The van der Waals surface area contributed by atoms with E-state index in [4.69, 9.17) is 4.74 Å². The highest BCUT2D eigenvalue weighted by atomic mass is 16.5. The summed E-state index contributed by atoms with van der Waals surface area (Å²) in [5, 5.41) is 0. The van der Waals surface area contributed by atoms with Crippen molar-refractivity contribution in [2.45, 2.75) is 32.1 Å². The molecule has 0 spiro atoms. The summed E-state index contributed by atoms with van der Waals surface area (Å²) < 4.78 is 5.08. The number of ether oxygens (including phenoxy) is 1. The Labute approximate surface area is 113 Å². The molecule has 0 aliphatic carbocycles. The maximum absolute atomic E-state index is 12.0. The lowest BCUT2D eigenvalue weighted by atomic mass is 10.1. The molecule has 4 nitrogen and oxygen atoms in total. The highest BCUT2D eigenvalue weighted by Gasteiger charge is 2.23. The van der Waals surface area contributed by atoms with Gasteiger partial charge in [-0.1, -0.05) is 12.1 Å². The molecule has 0 radical (unpaired) electrons. The average molecular weight is 261 g/mol. The maximum Gasteiger partial charge on any atom is 0.229 e. The number of carbonyl (C=O) groups excluding carboxylic acids is 2. The monoisotopic (exact) mass is 261 g/mol. The largest absolute Gasteiger partial charge is 0.497 e. The standard InChI is InChI=1S/C15H19NO3/c1-19-13-8-5-12(6-9-13)7-10-15(18)16-11-3-2-4-14(16)17/h5-6,8-9H,2-4,7,10-11H2,1H3. The Kier molecular flexibility index (Phi) is 4.55. The molecule has 1 aromatic rings. The Morgan fingerprint density at radius 2 is 2.00 bits per heavy atom. The van der Waals surface area contributed by atoms with E-state index in [2.05, 4.69) is 0 Å². The first-order valence-corrected chi connectivity index (χ1v) is 6.67. The highest BCUT2D eigenvalue weighted by molar-refractivity contribution is 5.95. The minimum atomic E-state index is -0.0551. The summed E-state index contributed by atoms with van der Waals surface area (Å²) >= 11 is 0. The van der Waals surface area contributed by atoms with E-state index in [-0.39, 0.29) is 11.8 Å². The summed E-state index contributed by atoms with van der Waals surface area (Å²) in [5.74, 6) is 0.729. The van der Waals surface area contributed by atoms with Crippen LogP contribution in [0.15, 0.2) is 24.3 Å². The van der Waals surface area contributed by atoms with Crippen LogP contribution in [0.25, 0.3) is 0 Å². The quantitative estimate of drug-likeness (QED) is 0.834. The first-order chi connectivity index (χ1) is 9.20. The van der Waals surface area contributed by atoms with Gasteiger partial charge in [0.25, 0.3) is 0 Å². The Balaban J connectivity index is 1.86. The Morgan fingerprint density at radius 1 is 1.26 bits per heavy atom. The van der Waals surface area contributed by atoms with Crippen LogP contribution in [0.3, 0.4) is 0 Å². The summed E-state index contributed by atoms with van der Waals surface area (Å²) in [4.78, 5) is 25.0. The molecule has 0 unspecified atom stereocenters. The van der Waals surface area contributed by atoms with Crippen molar-refractivity contribution < 1.29 is 14.3 Å². The minimum Gasteiger partial charge on any atom is -0.497 e. The van der Waals surface area contributed by atoms with Gasteiger partial charge in [0.2, 0.25) is 11.8 Å². The molecule has 1 aliphatic heterocycles. The summed E-state index contributed by atoms with van der Waals surface area (Å²) in [6.07, 6.45) is 3.39. The second kappa shape index (κ2) is 6.36. The van der Waals surface area contributed by atoms with Crippen molar-refractivity contribution in [3.8, 4) is 5.75 Å². The summed E-state index contributed by atoms with van der Waals surface area (Å²) in [5.41, 5.74) is 1.08. The number of hydrogen-bond acceptors (Lipinski definition) is 3. The van der Waals surface area contributed by atoms with Gasteiger partial charge in [-0.05, 0) is 37.0 Å². The van der Waals surface area contributed by atoms with E-state index >= 15 is 0 Å². The zero-order chi connectivity index (χ0) is 13.7. The molecule has 1 aliphatic rings. The van der Waals surface area contributed by atoms with Crippen molar-refractivity contribution in [2.24, 2.45) is 0 Å². The van der Waals surface area contributed by atoms with Gasteiger partial charge < -0.3 is 4.74 Å². The third kappa shape index (κ3) is 3.56. The molecule has 1 fully saturated rings. The van der Waals surface area contributed by atoms with Crippen LogP contribution >= 0.6 is 0 Å². The lowest BCUT2D eigenvalue weighted by Crippen LogP contribution is -2.40. The molecular formula is C15H19NO3. The molecule has 0 N–H and O–H groups in total. The number of benzene rings is 1. The topological polar surface area (TPSA) is 46.6 Å². The maximum atomic E-state index is 12.0. The summed E-state index contributed by atoms with van der Waals surface area (Å²) in [6.45, 7) is 0.584. The van der Waals surface area contributed by atoms with Crippen LogP contribution in [0.4, 0.5) is 0 Å². The van der Waals surface area contributed by atoms with Gasteiger partial charge in [0.15, 0.2) is 0 Å². The van der Waals surface area contributed by atoms with E-state index in [1.807, 2.05) is 24.3 Å². The van der Waals surface area contributed by atoms with Gasteiger partial charge in [-0.15, -0.1) is 0 Å². The van der Waals surface area contributed by atoms with Crippen molar-refractivity contribution in [1.29, 1.82) is 0 Å². The van der Waals surface area contributed by atoms with Crippen LogP contribution in [0, 0.1) is 0 Å². The second-order valence-electron chi connectivity index (χ2n) is 4.74. The fraction of sp³-hybridized carbons (Fsp3) is 0.467. The van der Waals surface area contributed by atoms with Gasteiger partial charge in [0.05, 0.1) is 7.11 Å². The SMILES string of the molecule is COc1ccc(CCC(=O)N2CCCCC2=O)cc1. The molecular weight excluding hydrogens is 242 g/mol. The van der Waals surface area contributed by atoms with Gasteiger partial charge in [-0.25, -0.2) is 0 Å². The molecule has 4 heteroatoms. The molecule has 19 heavy (non-hydrogen) atoms. The van der Waals surface area contributed by atoms with Crippen molar-refractivity contribution in [2.75, 3.05) is 13.7 Å². The number of imide groups is 1. The fourth-order valence-electron chi connectivity index (χ4n) is 2.25. The number of methoxy groups -OCH3 is 1. The molecule has 1 saturated heterocycles. The number of rotatable bonds is 4. The number of piperidine rings is 1. The van der Waals surface area contributed by atoms with Crippen LogP contribution in [0.5, 0.6) is 5.75 Å². The van der Waals surface area contributed by atoms with E-state index < -0.39 is 0 Å². The van der Waals surface area contributed by atoms with Gasteiger partial charge in [0.1, 0.15) is 5.75 Å². The molecule has 1 heterocycles. The van der Waals surface area contributed by atoms with Crippen molar-refractivity contribution in [3.63, 3.8) is 0 Å². The number of hydrogen-bond donors (Lipinski definition) is 0. The zero-order valence-corrected chi connectivity index (χ0v) is 11.2. The summed E-state index contributed by atoms with van der Waals surface area (Å²) in [7, 11) is 1.63. The Hall–Kier alpha value is -1.84. The lowest BCUT2D eigenvalue weighted by molar-refractivity contribution is -0.146. The van der Waals surface area contributed by atoms with Crippen molar-refractivity contribution in [1.82, 2.24) is 4.90 Å². The molecule has 2 amide bonds. The lowest BCUT2D eigenvalue weighted by Gasteiger charge is -2.24. The predicted octanol–water partition coefficient (Wildman–Crippen LogP) is 2.17. The van der Waals surface area contributed by atoms with Crippen LogP contribution in [-0.2, 0) is 16.0 Å². The van der Waals surface area contributed by atoms with Crippen LogP contribution in [0.2, 0.25) is 0 Å². The van der Waals surface area contributed by atoms with E-state index in [9.17, 15) is 9.59 Å². The van der Waals surface area contributed by atoms with E-state index in [1.54, 1.807) is 7.11 Å². The van der Waals surface area contributed by atoms with E-state index in [0.717, 1.165) is 24.2 Å². The van der Waals surface area contributed by atoms with Gasteiger partial charge in [-0.3, -0.25) is 14.5 Å². The average Bonchev–Trinajstić information content (AvgIpc) is 2.46. The number of nitrogens with zero attached hydrogens (tertiary/aromatic N) is 1. The van der Waals surface area contributed by atoms with Gasteiger partial charge in [-0.2, -0.15) is 0 Å². The molecule has 2 rings (SSSR count). The van der Waals surface area contributed by atoms with E-state index in [0.29, 0.717) is 25.8 Å². The predicted molar refractivity (Wildman–Crippen MR) is 71.9 cm³/mol.